The smallest absolute Gasteiger partial charge is 0.339 e. The number of ether oxygens (including phenoxy) is 1. The summed E-state index contributed by atoms with van der Waals surface area (Å²) in [4.78, 5) is 19.8. The first kappa shape index (κ1) is 11.0. The second-order valence-electron chi connectivity index (χ2n) is 3.44. The van der Waals surface area contributed by atoms with Crippen LogP contribution in [0.15, 0.2) is 30.6 Å². The van der Waals surface area contributed by atoms with Crippen molar-refractivity contribution in [3.05, 3.63) is 36.2 Å². The van der Waals surface area contributed by atoms with Gasteiger partial charge >= 0.3 is 5.97 Å². The molecule has 0 radical (unpaired) electrons. The van der Waals surface area contributed by atoms with E-state index in [9.17, 15) is 4.79 Å². The third-order valence-corrected chi connectivity index (χ3v) is 2.17. The number of nitriles is 1. The van der Waals surface area contributed by atoms with Gasteiger partial charge in [-0.05, 0) is 25.1 Å². The molecular formula is C12H9N3O2. The first-order valence-corrected chi connectivity index (χ1v) is 5.02. The van der Waals surface area contributed by atoms with Crippen molar-refractivity contribution in [1.29, 1.82) is 5.26 Å². The normalized spacial score (nSPS) is 11.8. The molecule has 0 aliphatic carbocycles. The maximum atomic E-state index is 11.6. The van der Waals surface area contributed by atoms with Gasteiger partial charge in [-0.2, -0.15) is 5.26 Å². The van der Waals surface area contributed by atoms with Crippen molar-refractivity contribution in [3.63, 3.8) is 0 Å². The number of fused-ring (bicyclic) bond motifs is 1. The molecule has 17 heavy (non-hydrogen) atoms. The third-order valence-electron chi connectivity index (χ3n) is 2.17. The summed E-state index contributed by atoms with van der Waals surface area (Å²) in [6.07, 6.45) is 2.37. The van der Waals surface area contributed by atoms with E-state index in [2.05, 4.69) is 9.97 Å². The van der Waals surface area contributed by atoms with Crippen LogP contribution in [-0.2, 0) is 4.74 Å². The molecule has 0 fully saturated rings. The van der Waals surface area contributed by atoms with E-state index >= 15 is 0 Å². The predicted octanol–water partition coefficient (Wildman–Crippen LogP) is 1.70. The summed E-state index contributed by atoms with van der Waals surface area (Å²) in [6.45, 7) is 1.51. The van der Waals surface area contributed by atoms with Crippen molar-refractivity contribution in [1.82, 2.24) is 9.97 Å². The second-order valence-corrected chi connectivity index (χ2v) is 3.44. The minimum atomic E-state index is -0.764. The van der Waals surface area contributed by atoms with E-state index in [4.69, 9.17) is 10.00 Å². The van der Waals surface area contributed by atoms with Crippen LogP contribution in [0.3, 0.4) is 0 Å². The number of carbonyl (C=O) groups is 1. The fourth-order valence-corrected chi connectivity index (χ4v) is 1.35. The van der Waals surface area contributed by atoms with Gasteiger partial charge in [0, 0.05) is 12.4 Å². The van der Waals surface area contributed by atoms with Gasteiger partial charge in [-0.3, -0.25) is 9.97 Å². The predicted molar refractivity (Wildman–Crippen MR) is 60.0 cm³/mol. The fourth-order valence-electron chi connectivity index (χ4n) is 1.35. The van der Waals surface area contributed by atoms with Crippen LogP contribution >= 0.6 is 0 Å². The summed E-state index contributed by atoms with van der Waals surface area (Å²) in [5.74, 6) is -0.536. The lowest BCUT2D eigenvalue weighted by Gasteiger charge is -2.06. The van der Waals surface area contributed by atoms with Gasteiger partial charge in [0.2, 0.25) is 0 Å². The summed E-state index contributed by atoms with van der Waals surface area (Å²) < 4.78 is 4.89. The van der Waals surface area contributed by atoms with E-state index < -0.39 is 12.1 Å². The van der Waals surface area contributed by atoms with E-state index in [1.165, 1.54) is 6.92 Å². The zero-order valence-electron chi connectivity index (χ0n) is 9.12. The highest BCUT2D eigenvalue weighted by molar-refractivity contribution is 5.93. The van der Waals surface area contributed by atoms with E-state index in [-0.39, 0.29) is 0 Å². The fraction of sp³-hybridized carbons (Fsp3) is 0.167. The Balaban J connectivity index is 2.31. The molecule has 1 aromatic carbocycles. The van der Waals surface area contributed by atoms with Gasteiger partial charge in [0.25, 0.3) is 0 Å². The Morgan fingerprint density at radius 1 is 1.35 bits per heavy atom. The van der Waals surface area contributed by atoms with Crippen molar-refractivity contribution in [2.75, 3.05) is 0 Å². The Bertz CT molecular complexity index is 604. The Morgan fingerprint density at radius 3 is 2.76 bits per heavy atom. The average Bonchev–Trinajstić information content (AvgIpc) is 2.38. The SMILES string of the molecule is C[C@H](C#N)OC(=O)c1ccc2nccnc2c1. The molecule has 2 aromatic rings. The maximum Gasteiger partial charge on any atom is 0.339 e. The summed E-state index contributed by atoms with van der Waals surface area (Å²) in [5, 5.41) is 8.55. The molecule has 0 bridgehead atoms. The zero-order chi connectivity index (χ0) is 12.3. The lowest BCUT2D eigenvalue weighted by molar-refractivity contribution is 0.0435. The first-order valence-electron chi connectivity index (χ1n) is 5.02. The summed E-state index contributed by atoms with van der Waals surface area (Å²) in [6, 6.07) is 6.71. The molecule has 84 valence electrons. The van der Waals surface area contributed by atoms with E-state index in [0.717, 1.165) is 0 Å². The summed E-state index contributed by atoms with van der Waals surface area (Å²) >= 11 is 0. The van der Waals surface area contributed by atoms with Gasteiger partial charge in [0.1, 0.15) is 6.07 Å². The van der Waals surface area contributed by atoms with Gasteiger partial charge in [-0.15, -0.1) is 0 Å². The number of carbonyl (C=O) groups excluding carboxylic acids is 1. The minimum absolute atomic E-state index is 0.361. The molecule has 0 unspecified atom stereocenters. The number of benzene rings is 1. The van der Waals surface area contributed by atoms with Gasteiger partial charge < -0.3 is 4.74 Å². The summed E-state index contributed by atoms with van der Waals surface area (Å²) in [7, 11) is 0. The van der Waals surface area contributed by atoms with Crippen molar-refractivity contribution in [3.8, 4) is 6.07 Å². The van der Waals surface area contributed by atoms with Gasteiger partial charge in [-0.1, -0.05) is 0 Å². The molecule has 1 aromatic heterocycles. The highest BCUT2D eigenvalue weighted by Gasteiger charge is 2.11. The van der Waals surface area contributed by atoms with Crippen LogP contribution in [0, 0.1) is 11.3 Å². The van der Waals surface area contributed by atoms with Crippen molar-refractivity contribution >= 4 is 17.0 Å². The molecule has 0 spiro atoms. The van der Waals surface area contributed by atoms with Crippen molar-refractivity contribution in [2.24, 2.45) is 0 Å². The van der Waals surface area contributed by atoms with Crippen molar-refractivity contribution in [2.45, 2.75) is 13.0 Å². The van der Waals surface area contributed by atoms with Crippen LogP contribution < -0.4 is 0 Å². The summed E-state index contributed by atoms with van der Waals surface area (Å²) in [5.41, 5.74) is 1.68. The Kier molecular flexibility index (Phi) is 2.97. The van der Waals surface area contributed by atoms with Gasteiger partial charge in [0.05, 0.1) is 16.6 Å². The molecule has 5 nitrogen and oxygen atoms in total. The van der Waals surface area contributed by atoms with Gasteiger partial charge in [-0.25, -0.2) is 4.79 Å². The Hall–Kier alpha value is -2.48. The third kappa shape index (κ3) is 2.37. The monoisotopic (exact) mass is 227 g/mol. The van der Waals surface area contributed by atoms with Crippen LogP contribution in [-0.4, -0.2) is 22.0 Å². The maximum absolute atomic E-state index is 11.6. The van der Waals surface area contributed by atoms with Crippen LogP contribution in [0.1, 0.15) is 17.3 Å². The van der Waals surface area contributed by atoms with E-state index in [1.807, 2.05) is 6.07 Å². The molecule has 1 atom stereocenters. The highest BCUT2D eigenvalue weighted by Crippen LogP contribution is 2.12. The lowest BCUT2D eigenvalue weighted by atomic mass is 10.2. The number of rotatable bonds is 2. The number of hydrogen-bond donors (Lipinski definition) is 0. The number of aromatic nitrogens is 2. The number of esters is 1. The quantitative estimate of drug-likeness (QED) is 0.730. The molecular weight excluding hydrogens is 218 g/mol. The van der Waals surface area contributed by atoms with Crippen molar-refractivity contribution < 1.29 is 9.53 Å². The molecule has 1 heterocycles. The Labute approximate surface area is 97.7 Å². The average molecular weight is 227 g/mol. The van der Waals surface area contributed by atoms with E-state index in [1.54, 1.807) is 30.6 Å². The van der Waals surface area contributed by atoms with Crippen LogP contribution in [0.4, 0.5) is 0 Å². The van der Waals surface area contributed by atoms with E-state index in [0.29, 0.717) is 16.6 Å². The highest BCUT2D eigenvalue weighted by atomic mass is 16.5. The molecule has 0 saturated carbocycles. The van der Waals surface area contributed by atoms with Gasteiger partial charge in [0.15, 0.2) is 6.10 Å². The lowest BCUT2D eigenvalue weighted by Crippen LogP contribution is -2.13. The number of hydrogen-bond acceptors (Lipinski definition) is 5. The molecule has 0 aliphatic rings. The molecule has 0 aliphatic heterocycles. The second kappa shape index (κ2) is 4.58. The number of nitrogens with zero attached hydrogens (tertiary/aromatic N) is 3. The van der Waals surface area contributed by atoms with Crippen LogP contribution in [0.25, 0.3) is 11.0 Å². The molecule has 0 amide bonds. The zero-order valence-corrected chi connectivity index (χ0v) is 9.12. The standard InChI is InChI=1S/C12H9N3O2/c1-8(7-13)17-12(16)9-2-3-10-11(6-9)15-5-4-14-10/h2-6,8H,1H3/t8-/m1/s1. The van der Waals surface area contributed by atoms with Crippen LogP contribution in [0.2, 0.25) is 0 Å². The molecule has 2 rings (SSSR count). The molecule has 0 N–H and O–H groups in total. The minimum Gasteiger partial charge on any atom is -0.444 e. The Morgan fingerprint density at radius 2 is 2.06 bits per heavy atom. The topological polar surface area (TPSA) is 75.9 Å². The largest absolute Gasteiger partial charge is 0.444 e. The first-order chi connectivity index (χ1) is 8.20. The molecule has 5 heteroatoms. The van der Waals surface area contributed by atoms with Crippen LogP contribution in [0.5, 0.6) is 0 Å². The molecule has 0 saturated heterocycles.